The number of primary amides is 1. The van der Waals surface area contributed by atoms with Crippen molar-refractivity contribution in [2.45, 2.75) is 101 Å². The molecule has 0 unspecified atom stereocenters. The summed E-state index contributed by atoms with van der Waals surface area (Å²) >= 11 is 0. The molecule has 3 atom stereocenters. The van der Waals surface area contributed by atoms with E-state index in [0.29, 0.717) is 32.1 Å². The number of guanidine groups is 1. The van der Waals surface area contributed by atoms with E-state index in [1.165, 1.54) is 0 Å². The molecule has 5 rings (SSSR count). The first-order valence-electron chi connectivity index (χ1n) is 21.3. The number of hydrogen-bond acceptors (Lipinski definition) is 7. The van der Waals surface area contributed by atoms with Gasteiger partial charge in [0.25, 0.3) is 0 Å². The van der Waals surface area contributed by atoms with Crippen LogP contribution in [0.1, 0.15) is 80.9 Å². The topological polar surface area (TPSA) is 253 Å². The lowest BCUT2D eigenvalue weighted by molar-refractivity contribution is -0.138. The van der Waals surface area contributed by atoms with Crippen molar-refractivity contribution in [2.24, 2.45) is 22.2 Å². The number of nitrogens with zero attached hydrogens (tertiary/aromatic N) is 1. The van der Waals surface area contributed by atoms with Crippen LogP contribution in [0.15, 0.2) is 108 Å². The maximum absolute atomic E-state index is 14.6. The van der Waals surface area contributed by atoms with Crippen molar-refractivity contribution < 1.29 is 28.8 Å². The van der Waals surface area contributed by atoms with Crippen molar-refractivity contribution in [3.05, 3.63) is 120 Å². The molecule has 0 aliphatic heterocycles. The van der Waals surface area contributed by atoms with Gasteiger partial charge >= 0.3 is 0 Å². The first-order valence-corrected chi connectivity index (χ1v) is 21.3. The predicted molar refractivity (Wildman–Crippen MR) is 239 cm³/mol. The average Bonchev–Trinajstić information content (AvgIpc) is 3.26. The summed E-state index contributed by atoms with van der Waals surface area (Å²) in [5.74, 6) is -3.43. The molecule has 0 heterocycles. The Morgan fingerprint density at radius 3 is 1.95 bits per heavy atom. The van der Waals surface area contributed by atoms with Crippen molar-refractivity contribution in [1.29, 1.82) is 0 Å². The fraction of sp³-hybridized carbons (Fsp3) is 0.383. The molecule has 0 bridgehead atoms. The van der Waals surface area contributed by atoms with Crippen molar-refractivity contribution in [2.75, 3.05) is 13.1 Å². The fourth-order valence-corrected chi connectivity index (χ4v) is 7.92. The number of carbonyl (C=O) groups is 6. The van der Waals surface area contributed by atoms with Gasteiger partial charge in [-0.3, -0.25) is 33.8 Å². The standard InChI is InChI=1S/C47H59N9O6/c1-2-12-41(58)56-47(24-22-35(23-25-47)33-15-7-4-8-16-33)45(62)55-39(28-31-13-5-3-6-14-31)44(61)53-37(19-11-26-51-46(49)50)43(60)54-38(42(59)52-30-40(48)57)29-32-20-21-34-17-9-10-18-36(34)27-32/h3-10,13-18,20-21,27,35,37-39H,2,11-12,19,22-26,28-30H2,1H3,(H2,48,57)(H,52,59)(H,53,61)(H,54,60)(H,55,62)(H,56,58)(H4,49,50,51)/t35?,37-,38-,39+,47?/m0/s1. The van der Waals surface area contributed by atoms with Gasteiger partial charge in [0.2, 0.25) is 35.4 Å². The van der Waals surface area contributed by atoms with E-state index in [1.54, 1.807) is 0 Å². The Labute approximate surface area is 362 Å². The summed E-state index contributed by atoms with van der Waals surface area (Å²) in [5.41, 5.74) is 17.8. The Morgan fingerprint density at radius 2 is 1.29 bits per heavy atom. The van der Waals surface area contributed by atoms with Crippen LogP contribution < -0.4 is 43.8 Å². The van der Waals surface area contributed by atoms with Crippen LogP contribution in [0.25, 0.3) is 10.8 Å². The molecule has 0 radical (unpaired) electrons. The van der Waals surface area contributed by atoms with Crippen LogP contribution in [0.2, 0.25) is 0 Å². The second-order valence-corrected chi connectivity index (χ2v) is 15.9. The Kier molecular flexibility index (Phi) is 17.0. The molecule has 11 N–H and O–H groups in total. The molecule has 0 spiro atoms. The minimum Gasteiger partial charge on any atom is -0.370 e. The zero-order valence-electron chi connectivity index (χ0n) is 35.2. The van der Waals surface area contributed by atoms with E-state index >= 15 is 0 Å². The van der Waals surface area contributed by atoms with Crippen LogP contribution in [-0.2, 0) is 41.6 Å². The van der Waals surface area contributed by atoms with Crippen LogP contribution in [-0.4, -0.2) is 78.2 Å². The second kappa shape index (κ2) is 22.7. The highest BCUT2D eigenvalue weighted by molar-refractivity contribution is 5.97. The van der Waals surface area contributed by atoms with Crippen molar-refractivity contribution >= 4 is 52.2 Å². The van der Waals surface area contributed by atoms with Gasteiger partial charge in [-0.15, -0.1) is 0 Å². The number of nitrogens with one attached hydrogen (secondary N) is 5. The lowest BCUT2D eigenvalue weighted by Crippen LogP contribution is -2.64. The summed E-state index contributed by atoms with van der Waals surface area (Å²) in [6.45, 7) is 1.59. The molecule has 1 saturated carbocycles. The largest absolute Gasteiger partial charge is 0.370 e. The van der Waals surface area contributed by atoms with E-state index < -0.39 is 59.7 Å². The van der Waals surface area contributed by atoms with Gasteiger partial charge < -0.3 is 43.8 Å². The van der Waals surface area contributed by atoms with Crippen LogP contribution in [0.3, 0.4) is 0 Å². The summed E-state index contributed by atoms with van der Waals surface area (Å²) in [7, 11) is 0. The maximum atomic E-state index is 14.6. The zero-order valence-corrected chi connectivity index (χ0v) is 35.2. The summed E-state index contributed by atoms with van der Waals surface area (Å²) < 4.78 is 0. The van der Waals surface area contributed by atoms with E-state index in [0.717, 1.165) is 27.5 Å². The molecule has 1 aliphatic rings. The van der Waals surface area contributed by atoms with Crippen molar-refractivity contribution in [3.63, 3.8) is 0 Å². The quantitative estimate of drug-likeness (QED) is 0.0351. The summed E-state index contributed by atoms with van der Waals surface area (Å²) in [6.07, 6.45) is 3.30. The normalized spacial score (nSPS) is 17.3. The predicted octanol–water partition coefficient (Wildman–Crippen LogP) is 2.75. The number of amides is 6. The molecule has 1 aliphatic carbocycles. The summed E-state index contributed by atoms with van der Waals surface area (Å²) in [6, 6.07) is 29.0. The van der Waals surface area contributed by atoms with E-state index in [9.17, 15) is 28.8 Å². The Balaban J connectivity index is 1.41. The van der Waals surface area contributed by atoms with Crippen LogP contribution in [0, 0.1) is 0 Å². The molecular formula is C47H59N9O6. The third kappa shape index (κ3) is 13.6. The van der Waals surface area contributed by atoms with Crippen LogP contribution in [0.4, 0.5) is 0 Å². The van der Waals surface area contributed by atoms with Gasteiger partial charge in [-0.1, -0.05) is 110 Å². The number of nitrogens with two attached hydrogens (primary N) is 3. The molecule has 4 aromatic rings. The molecule has 62 heavy (non-hydrogen) atoms. The zero-order chi connectivity index (χ0) is 44.5. The third-order valence-corrected chi connectivity index (χ3v) is 11.2. The number of fused-ring (bicyclic) bond motifs is 1. The van der Waals surface area contributed by atoms with E-state index in [2.05, 4.69) is 43.7 Å². The Hall–Kier alpha value is -6.77. The minimum absolute atomic E-state index is 0.0550. The first-order chi connectivity index (χ1) is 29.9. The number of rotatable bonds is 21. The van der Waals surface area contributed by atoms with E-state index in [1.807, 2.05) is 97.9 Å². The smallest absolute Gasteiger partial charge is 0.246 e. The van der Waals surface area contributed by atoms with Crippen molar-refractivity contribution in [1.82, 2.24) is 26.6 Å². The van der Waals surface area contributed by atoms with E-state index in [4.69, 9.17) is 17.2 Å². The molecule has 4 aromatic carbocycles. The van der Waals surface area contributed by atoms with Crippen LogP contribution in [0.5, 0.6) is 0 Å². The van der Waals surface area contributed by atoms with E-state index in [-0.39, 0.29) is 56.4 Å². The van der Waals surface area contributed by atoms with Gasteiger partial charge in [0.1, 0.15) is 23.7 Å². The van der Waals surface area contributed by atoms with Gasteiger partial charge in [-0.25, -0.2) is 0 Å². The van der Waals surface area contributed by atoms with Gasteiger partial charge in [-0.05, 0) is 78.3 Å². The van der Waals surface area contributed by atoms with Gasteiger partial charge in [0, 0.05) is 25.8 Å². The SMILES string of the molecule is CCCC(=O)NC1(C(=O)N[C@H](Cc2ccccc2)C(=O)N[C@@H](CCCN=C(N)N)C(=O)N[C@@H](Cc2ccc3ccccc3c2)C(=O)NCC(N)=O)CCC(c2ccccc2)CC1. The van der Waals surface area contributed by atoms with Crippen molar-refractivity contribution in [3.8, 4) is 0 Å². The lowest BCUT2D eigenvalue weighted by atomic mass is 9.73. The molecule has 15 nitrogen and oxygen atoms in total. The Morgan fingerprint density at radius 1 is 0.694 bits per heavy atom. The number of aliphatic imine (C=N–C) groups is 1. The first kappa shape index (κ1) is 46.3. The minimum atomic E-state index is -1.27. The Bertz CT molecular complexity index is 2190. The number of benzene rings is 4. The van der Waals surface area contributed by atoms with Crippen LogP contribution >= 0.6 is 0 Å². The molecular weight excluding hydrogens is 787 g/mol. The summed E-state index contributed by atoms with van der Waals surface area (Å²) in [5, 5.41) is 16.1. The molecule has 328 valence electrons. The number of hydrogen-bond donors (Lipinski definition) is 8. The maximum Gasteiger partial charge on any atom is 0.246 e. The summed E-state index contributed by atoms with van der Waals surface area (Å²) in [4.78, 5) is 85.7. The molecule has 0 saturated heterocycles. The highest BCUT2D eigenvalue weighted by atomic mass is 16.2. The van der Waals surface area contributed by atoms with Gasteiger partial charge in [0.15, 0.2) is 5.96 Å². The molecule has 15 heteroatoms. The van der Waals surface area contributed by atoms with Gasteiger partial charge in [-0.2, -0.15) is 0 Å². The number of carbonyl (C=O) groups excluding carboxylic acids is 6. The highest BCUT2D eigenvalue weighted by Gasteiger charge is 2.44. The monoisotopic (exact) mass is 845 g/mol. The average molecular weight is 846 g/mol. The van der Waals surface area contributed by atoms with Gasteiger partial charge in [0.05, 0.1) is 6.54 Å². The fourth-order valence-electron chi connectivity index (χ4n) is 7.92. The second-order valence-electron chi connectivity index (χ2n) is 15.9. The molecule has 1 fully saturated rings. The molecule has 0 aromatic heterocycles. The third-order valence-electron chi connectivity index (χ3n) is 11.2. The highest BCUT2D eigenvalue weighted by Crippen LogP contribution is 2.38. The lowest BCUT2D eigenvalue weighted by Gasteiger charge is -2.40. The molecule has 6 amide bonds.